The van der Waals surface area contributed by atoms with Gasteiger partial charge in [-0.2, -0.15) is 0 Å². The van der Waals surface area contributed by atoms with Gasteiger partial charge in [0.15, 0.2) is 17.5 Å². The predicted octanol–water partition coefficient (Wildman–Crippen LogP) is 3.28. The maximum atomic E-state index is 5.63. The number of ether oxygens (including phenoxy) is 2. The van der Waals surface area contributed by atoms with Gasteiger partial charge in [-0.3, -0.25) is 4.99 Å². The zero-order valence-corrected chi connectivity index (χ0v) is 16.9. The predicted molar refractivity (Wildman–Crippen MR) is 114 cm³/mol. The average Bonchev–Trinajstić information content (AvgIpc) is 3.27. The van der Waals surface area contributed by atoms with E-state index < -0.39 is 0 Å². The van der Waals surface area contributed by atoms with Crippen LogP contribution in [0.2, 0.25) is 0 Å². The van der Waals surface area contributed by atoms with Gasteiger partial charge in [0.2, 0.25) is 0 Å². The highest BCUT2D eigenvalue weighted by atomic mass is 16.5. The number of pyridine rings is 1. The van der Waals surface area contributed by atoms with Crippen molar-refractivity contribution in [2.75, 3.05) is 44.1 Å². The van der Waals surface area contributed by atoms with Crippen molar-refractivity contribution in [1.29, 1.82) is 0 Å². The molecule has 1 aliphatic heterocycles. The molecule has 7 nitrogen and oxygen atoms in total. The second-order valence-electron chi connectivity index (χ2n) is 6.57. The molecule has 1 aliphatic rings. The Kier molecular flexibility index (Phi) is 6.94. The number of rotatable bonds is 7. The molecule has 0 saturated carbocycles. The number of aromatic nitrogens is 1. The molecule has 2 N–H and O–H groups in total. The Bertz CT molecular complexity index is 786. The summed E-state index contributed by atoms with van der Waals surface area (Å²) in [6.07, 6.45) is 4.43. The fourth-order valence-electron chi connectivity index (χ4n) is 3.18. The van der Waals surface area contributed by atoms with Gasteiger partial charge in [-0.1, -0.05) is 6.07 Å². The number of guanidine groups is 1. The molecule has 0 radical (unpaired) electrons. The van der Waals surface area contributed by atoms with E-state index >= 15 is 0 Å². The summed E-state index contributed by atoms with van der Waals surface area (Å²) in [6.45, 7) is 5.37. The molecule has 0 bridgehead atoms. The van der Waals surface area contributed by atoms with E-state index in [0.29, 0.717) is 30.6 Å². The summed E-state index contributed by atoms with van der Waals surface area (Å²) in [5.74, 6) is 3.15. The lowest BCUT2D eigenvalue weighted by atomic mass is 10.2. The minimum absolute atomic E-state index is 0.577. The van der Waals surface area contributed by atoms with Crippen molar-refractivity contribution in [3.05, 3.63) is 42.1 Å². The number of nitrogens with one attached hydrogen (secondary N) is 2. The van der Waals surface area contributed by atoms with Crippen molar-refractivity contribution in [2.45, 2.75) is 26.3 Å². The van der Waals surface area contributed by atoms with Crippen LogP contribution in [0.1, 0.15) is 25.3 Å². The molecule has 150 valence electrons. The van der Waals surface area contributed by atoms with Crippen molar-refractivity contribution in [3.63, 3.8) is 0 Å². The Balaban J connectivity index is 1.58. The van der Waals surface area contributed by atoms with Crippen LogP contribution in [0.4, 0.5) is 11.5 Å². The smallest absolute Gasteiger partial charge is 0.195 e. The number of aliphatic imine (C=N–C) groups is 1. The summed E-state index contributed by atoms with van der Waals surface area (Å²) >= 11 is 0. The van der Waals surface area contributed by atoms with Crippen LogP contribution in [0.15, 0.2) is 41.5 Å². The highest BCUT2D eigenvalue weighted by molar-refractivity contribution is 5.93. The van der Waals surface area contributed by atoms with E-state index in [0.717, 1.165) is 30.2 Å². The molecule has 1 fully saturated rings. The maximum absolute atomic E-state index is 5.63. The first kappa shape index (κ1) is 19.8. The summed E-state index contributed by atoms with van der Waals surface area (Å²) in [5, 5.41) is 6.60. The first-order chi connectivity index (χ1) is 13.7. The van der Waals surface area contributed by atoms with Crippen LogP contribution in [-0.4, -0.2) is 44.8 Å². The largest absolute Gasteiger partial charge is 0.493 e. The maximum Gasteiger partial charge on any atom is 0.195 e. The Morgan fingerprint density at radius 1 is 1.18 bits per heavy atom. The van der Waals surface area contributed by atoms with Crippen molar-refractivity contribution < 1.29 is 9.47 Å². The molecule has 3 rings (SSSR count). The molecular formula is C21H29N5O2. The van der Waals surface area contributed by atoms with E-state index in [2.05, 4.69) is 37.6 Å². The summed E-state index contributed by atoms with van der Waals surface area (Å²) in [7, 11) is 3.38. The summed E-state index contributed by atoms with van der Waals surface area (Å²) in [5.41, 5.74) is 1.98. The van der Waals surface area contributed by atoms with Gasteiger partial charge in [0.05, 0.1) is 13.7 Å². The molecule has 1 saturated heterocycles. The van der Waals surface area contributed by atoms with Crippen LogP contribution in [0.25, 0.3) is 0 Å². The lowest BCUT2D eigenvalue weighted by Gasteiger charge is -2.17. The van der Waals surface area contributed by atoms with E-state index in [9.17, 15) is 0 Å². The second kappa shape index (κ2) is 9.82. The number of anilines is 2. The molecule has 0 aliphatic carbocycles. The molecule has 0 spiro atoms. The molecule has 0 atom stereocenters. The minimum atomic E-state index is 0.577. The van der Waals surface area contributed by atoms with Crippen molar-refractivity contribution in [3.8, 4) is 11.5 Å². The number of nitrogens with zero attached hydrogens (tertiary/aromatic N) is 3. The van der Waals surface area contributed by atoms with Crippen LogP contribution >= 0.6 is 0 Å². The van der Waals surface area contributed by atoms with E-state index in [1.54, 1.807) is 14.2 Å². The van der Waals surface area contributed by atoms with Gasteiger partial charge in [0, 0.05) is 44.6 Å². The number of methoxy groups -OCH3 is 1. The summed E-state index contributed by atoms with van der Waals surface area (Å²) < 4.78 is 11.0. The SMILES string of the molecule is CCOc1cc(NC(=NC)NCc2ccc(N3CCCC3)nc2)ccc1OC. The van der Waals surface area contributed by atoms with E-state index in [1.807, 2.05) is 31.3 Å². The van der Waals surface area contributed by atoms with Crippen LogP contribution in [0.5, 0.6) is 11.5 Å². The van der Waals surface area contributed by atoms with Crippen molar-refractivity contribution in [1.82, 2.24) is 10.3 Å². The van der Waals surface area contributed by atoms with Crippen LogP contribution in [0, 0.1) is 0 Å². The van der Waals surface area contributed by atoms with Gasteiger partial charge in [0.1, 0.15) is 5.82 Å². The number of benzene rings is 1. The normalized spacial score (nSPS) is 14.1. The third-order valence-corrected chi connectivity index (χ3v) is 4.65. The van der Waals surface area contributed by atoms with Gasteiger partial charge >= 0.3 is 0 Å². The lowest BCUT2D eigenvalue weighted by Crippen LogP contribution is -2.30. The zero-order valence-electron chi connectivity index (χ0n) is 16.9. The van der Waals surface area contributed by atoms with E-state index in [1.165, 1.54) is 12.8 Å². The standard InChI is InChI=1S/C21H29N5O2/c1-4-28-19-13-17(8-9-18(19)27-3)25-21(22-2)24-15-16-7-10-20(23-14-16)26-11-5-6-12-26/h7-10,13-14H,4-6,11-12,15H2,1-3H3,(H2,22,24,25). The number of hydrogen-bond donors (Lipinski definition) is 2. The van der Waals surface area contributed by atoms with Crippen LogP contribution in [-0.2, 0) is 6.54 Å². The molecule has 2 aromatic rings. The summed E-state index contributed by atoms with van der Waals surface area (Å²) in [4.78, 5) is 11.2. The van der Waals surface area contributed by atoms with E-state index in [-0.39, 0.29) is 0 Å². The highest BCUT2D eigenvalue weighted by Gasteiger charge is 2.13. The quantitative estimate of drug-likeness (QED) is 0.565. The molecule has 28 heavy (non-hydrogen) atoms. The Morgan fingerprint density at radius 2 is 2.00 bits per heavy atom. The zero-order chi connectivity index (χ0) is 19.8. The second-order valence-corrected chi connectivity index (χ2v) is 6.57. The lowest BCUT2D eigenvalue weighted by molar-refractivity contribution is 0.311. The monoisotopic (exact) mass is 383 g/mol. The van der Waals surface area contributed by atoms with Gasteiger partial charge in [-0.15, -0.1) is 0 Å². The van der Waals surface area contributed by atoms with E-state index in [4.69, 9.17) is 9.47 Å². The minimum Gasteiger partial charge on any atom is -0.493 e. The molecule has 0 amide bonds. The first-order valence-electron chi connectivity index (χ1n) is 9.72. The molecule has 7 heteroatoms. The van der Waals surface area contributed by atoms with Gasteiger partial charge in [-0.05, 0) is 43.5 Å². The number of hydrogen-bond acceptors (Lipinski definition) is 5. The third kappa shape index (κ3) is 5.06. The Morgan fingerprint density at radius 3 is 2.64 bits per heavy atom. The molecular weight excluding hydrogens is 354 g/mol. The fourth-order valence-corrected chi connectivity index (χ4v) is 3.18. The molecule has 2 heterocycles. The third-order valence-electron chi connectivity index (χ3n) is 4.65. The van der Waals surface area contributed by atoms with Gasteiger partial charge in [-0.25, -0.2) is 4.98 Å². The first-order valence-corrected chi connectivity index (χ1v) is 9.72. The topological polar surface area (TPSA) is 71.0 Å². The highest BCUT2D eigenvalue weighted by Crippen LogP contribution is 2.30. The van der Waals surface area contributed by atoms with Gasteiger partial charge in [0.25, 0.3) is 0 Å². The average molecular weight is 383 g/mol. The van der Waals surface area contributed by atoms with Crippen molar-refractivity contribution >= 4 is 17.5 Å². The Hall–Kier alpha value is -2.96. The molecule has 0 unspecified atom stereocenters. The van der Waals surface area contributed by atoms with Crippen LogP contribution in [0.3, 0.4) is 0 Å². The van der Waals surface area contributed by atoms with Crippen LogP contribution < -0.4 is 25.0 Å². The van der Waals surface area contributed by atoms with Gasteiger partial charge < -0.3 is 25.0 Å². The fraction of sp³-hybridized carbons (Fsp3) is 0.429. The Labute approximate surface area is 166 Å². The summed E-state index contributed by atoms with van der Waals surface area (Å²) in [6, 6.07) is 9.92. The van der Waals surface area contributed by atoms with Crippen molar-refractivity contribution in [2.24, 2.45) is 4.99 Å². The molecule has 1 aromatic carbocycles. The molecule has 1 aromatic heterocycles.